The van der Waals surface area contributed by atoms with E-state index in [2.05, 4.69) is 15.3 Å². The summed E-state index contributed by atoms with van der Waals surface area (Å²) in [6.45, 7) is 1.68. The maximum Gasteiger partial charge on any atom is 0.303 e. The Kier molecular flexibility index (Phi) is 4.46. The Morgan fingerprint density at radius 2 is 2.30 bits per heavy atom. The number of rotatable bonds is 6. The predicted octanol–water partition coefficient (Wildman–Crippen LogP) is 2.10. The molecule has 0 atom stereocenters. The monoisotopic (exact) mass is 295 g/mol. The standard InChI is InChI=1S/C12H13N3O4S/c1-7-10(19-6-13-7)11(18)15-12-14-8(5-20-12)3-2-4-9(16)17/h5-6H,2-4H2,1H3,(H,16,17)(H,14,15,18). The third kappa shape index (κ3) is 3.64. The third-order valence-electron chi connectivity index (χ3n) is 2.55. The van der Waals surface area contributed by atoms with Crippen molar-refractivity contribution in [2.24, 2.45) is 0 Å². The fourth-order valence-corrected chi connectivity index (χ4v) is 2.31. The summed E-state index contributed by atoms with van der Waals surface area (Å²) in [6.07, 6.45) is 2.41. The number of thiazole rings is 1. The number of carbonyl (C=O) groups is 2. The summed E-state index contributed by atoms with van der Waals surface area (Å²) in [5.41, 5.74) is 1.28. The Morgan fingerprint density at radius 3 is 2.95 bits per heavy atom. The number of oxazole rings is 1. The first-order valence-corrected chi connectivity index (χ1v) is 6.82. The maximum absolute atomic E-state index is 11.9. The van der Waals surface area contributed by atoms with Gasteiger partial charge in [-0.2, -0.15) is 0 Å². The van der Waals surface area contributed by atoms with Crippen molar-refractivity contribution in [2.45, 2.75) is 26.2 Å². The van der Waals surface area contributed by atoms with Crippen LogP contribution in [0.2, 0.25) is 0 Å². The van der Waals surface area contributed by atoms with E-state index >= 15 is 0 Å². The molecule has 1 amide bonds. The Balaban J connectivity index is 1.91. The second-order valence-corrected chi connectivity index (χ2v) is 4.97. The molecule has 2 rings (SSSR count). The fraction of sp³-hybridized carbons (Fsp3) is 0.333. The fourth-order valence-electron chi connectivity index (χ4n) is 1.57. The van der Waals surface area contributed by atoms with Gasteiger partial charge in [0.25, 0.3) is 5.91 Å². The minimum atomic E-state index is -0.824. The second kappa shape index (κ2) is 6.29. The van der Waals surface area contributed by atoms with E-state index in [4.69, 9.17) is 9.52 Å². The van der Waals surface area contributed by atoms with E-state index in [1.807, 2.05) is 0 Å². The van der Waals surface area contributed by atoms with Crippen LogP contribution in [0.5, 0.6) is 0 Å². The van der Waals surface area contributed by atoms with E-state index < -0.39 is 11.9 Å². The van der Waals surface area contributed by atoms with Gasteiger partial charge in [-0.15, -0.1) is 11.3 Å². The summed E-state index contributed by atoms with van der Waals surface area (Å²) < 4.78 is 4.98. The Morgan fingerprint density at radius 1 is 1.50 bits per heavy atom. The molecule has 2 aromatic heterocycles. The number of hydrogen-bond donors (Lipinski definition) is 2. The van der Waals surface area contributed by atoms with Gasteiger partial charge in [0.15, 0.2) is 11.5 Å². The van der Waals surface area contributed by atoms with E-state index in [1.165, 1.54) is 17.7 Å². The summed E-state index contributed by atoms with van der Waals surface area (Å²) in [4.78, 5) is 30.3. The van der Waals surface area contributed by atoms with Crippen LogP contribution in [0.15, 0.2) is 16.2 Å². The van der Waals surface area contributed by atoms with Crippen LogP contribution in [0, 0.1) is 6.92 Å². The van der Waals surface area contributed by atoms with Crippen molar-refractivity contribution in [3.05, 3.63) is 28.9 Å². The highest BCUT2D eigenvalue weighted by atomic mass is 32.1. The van der Waals surface area contributed by atoms with Crippen LogP contribution in [-0.4, -0.2) is 27.0 Å². The molecule has 20 heavy (non-hydrogen) atoms. The lowest BCUT2D eigenvalue weighted by atomic mass is 10.2. The molecule has 0 aromatic carbocycles. The minimum absolute atomic E-state index is 0.108. The highest BCUT2D eigenvalue weighted by Crippen LogP contribution is 2.18. The van der Waals surface area contributed by atoms with Gasteiger partial charge in [0.1, 0.15) is 0 Å². The lowest BCUT2D eigenvalue weighted by Gasteiger charge is -1.98. The average Bonchev–Trinajstić information content (AvgIpc) is 2.98. The van der Waals surface area contributed by atoms with Crippen LogP contribution >= 0.6 is 11.3 Å². The quantitative estimate of drug-likeness (QED) is 0.845. The lowest BCUT2D eigenvalue weighted by molar-refractivity contribution is -0.137. The molecular weight excluding hydrogens is 282 g/mol. The van der Waals surface area contributed by atoms with Crippen molar-refractivity contribution in [3.63, 3.8) is 0 Å². The van der Waals surface area contributed by atoms with Gasteiger partial charge in [-0.25, -0.2) is 9.97 Å². The molecule has 0 saturated carbocycles. The van der Waals surface area contributed by atoms with E-state index in [0.29, 0.717) is 23.7 Å². The lowest BCUT2D eigenvalue weighted by Crippen LogP contribution is -2.12. The minimum Gasteiger partial charge on any atom is -0.481 e. The van der Waals surface area contributed by atoms with Gasteiger partial charge >= 0.3 is 5.97 Å². The molecule has 2 heterocycles. The number of aliphatic carboxylic acids is 1. The molecule has 0 spiro atoms. The number of carboxylic acids is 1. The molecule has 7 nitrogen and oxygen atoms in total. The molecule has 2 N–H and O–H groups in total. The number of aryl methyl sites for hydroxylation is 2. The molecule has 0 bridgehead atoms. The van der Waals surface area contributed by atoms with E-state index in [1.54, 1.807) is 12.3 Å². The van der Waals surface area contributed by atoms with Gasteiger partial charge in [0.2, 0.25) is 5.76 Å². The predicted molar refractivity (Wildman–Crippen MR) is 71.9 cm³/mol. The van der Waals surface area contributed by atoms with Gasteiger partial charge < -0.3 is 9.52 Å². The summed E-state index contributed by atoms with van der Waals surface area (Å²) in [7, 11) is 0. The number of nitrogens with zero attached hydrogens (tertiary/aromatic N) is 2. The molecule has 0 aliphatic rings. The number of nitrogens with one attached hydrogen (secondary N) is 1. The van der Waals surface area contributed by atoms with Crippen molar-refractivity contribution in [2.75, 3.05) is 5.32 Å². The van der Waals surface area contributed by atoms with Crippen molar-refractivity contribution < 1.29 is 19.1 Å². The van der Waals surface area contributed by atoms with E-state index in [0.717, 1.165) is 5.69 Å². The maximum atomic E-state index is 11.9. The number of amides is 1. The molecule has 106 valence electrons. The number of carbonyl (C=O) groups excluding carboxylic acids is 1. The molecule has 0 radical (unpaired) electrons. The molecular formula is C12H13N3O4S. The van der Waals surface area contributed by atoms with Gasteiger partial charge in [-0.3, -0.25) is 14.9 Å². The van der Waals surface area contributed by atoms with Crippen molar-refractivity contribution in [1.29, 1.82) is 0 Å². The Labute approximate surface area is 118 Å². The topological polar surface area (TPSA) is 105 Å². The first-order chi connectivity index (χ1) is 9.56. The molecule has 0 aliphatic heterocycles. The smallest absolute Gasteiger partial charge is 0.303 e. The van der Waals surface area contributed by atoms with Crippen LogP contribution < -0.4 is 5.32 Å². The zero-order chi connectivity index (χ0) is 14.5. The normalized spacial score (nSPS) is 10.4. The Bertz CT molecular complexity index is 620. The number of carboxylic acid groups (broad SMARTS) is 1. The summed E-state index contributed by atoms with van der Waals surface area (Å²) >= 11 is 1.29. The SMILES string of the molecule is Cc1ncoc1C(=O)Nc1nc(CCCC(=O)O)cs1. The summed E-state index contributed by atoms with van der Waals surface area (Å²) in [6, 6.07) is 0. The third-order valence-corrected chi connectivity index (χ3v) is 3.35. The molecule has 0 saturated heterocycles. The highest BCUT2D eigenvalue weighted by molar-refractivity contribution is 7.13. The molecule has 0 unspecified atom stereocenters. The molecule has 8 heteroatoms. The van der Waals surface area contributed by atoms with Crippen LogP contribution in [0.25, 0.3) is 0 Å². The van der Waals surface area contributed by atoms with Crippen LogP contribution in [0.1, 0.15) is 34.8 Å². The summed E-state index contributed by atoms with van der Waals surface area (Å²) in [5.74, 6) is -1.06. The van der Waals surface area contributed by atoms with Gasteiger partial charge in [0.05, 0.1) is 11.4 Å². The largest absolute Gasteiger partial charge is 0.481 e. The average molecular weight is 295 g/mol. The van der Waals surface area contributed by atoms with Gasteiger partial charge in [-0.1, -0.05) is 0 Å². The van der Waals surface area contributed by atoms with Crippen LogP contribution in [0.3, 0.4) is 0 Å². The molecule has 0 fully saturated rings. The van der Waals surface area contributed by atoms with Gasteiger partial charge in [-0.05, 0) is 19.8 Å². The number of aromatic nitrogens is 2. The molecule has 0 aliphatic carbocycles. The van der Waals surface area contributed by atoms with Crippen molar-refractivity contribution in [3.8, 4) is 0 Å². The zero-order valence-electron chi connectivity index (χ0n) is 10.8. The summed E-state index contributed by atoms with van der Waals surface area (Å²) in [5, 5.41) is 13.4. The Hall–Kier alpha value is -2.22. The van der Waals surface area contributed by atoms with Crippen LogP contribution in [0.4, 0.5) is 5.13 Å². The second-order valence-electron chi connectivity index (χ2n) is 4.11. The zero-order valence-corrected chi connectivity index (χ0v) is 11.6. The first-order valence-electron chi connectivity index (χ1n) is 5.94. The highest BCUT2D eigenvalue weighted by Gasteiger charge is 2.15. The van der Waals surface area contributed by atoms with Crippen molar-refractivity contribution >= 4 is 28.3 Å². The van der Waals surface area contributed by atoms with Crippen LogP contribution in [-0.2, 0) is 11.2 Å². The van der Waals surface area contributed by atoms with Crippen molar-refractivity contribution in [1.82, 2.24) is 9.97 Å². The molecule has 2 aromatic rings. The number of hydrogen-bond acceptors (Lipinski definition) is 6. The first kappa shape index (κ1) is 14.2. The van der Waals surface area contributed by atoms with Gasteiger partial charge in [0, 0.05) is 11.8 Å². The van der Waals surface area contributed by atoms with E-state index in [9.17, 15) is 9.59 Å². The number of anilines is 1. The van der Waals surface area contributed by atoms with E-state index in [-0.39, 0.29) is 12.2 Å².